The summed E-state index contributed by atoms with van der Waals surface area (Å²) in [5.41, 5.74) is 1.24. The largest absolute Gasteiger partial charge is 0.478 e. The van der Waals surface area contributed by atoms with Gasteiger partial charge in [0.1, 0.15) is 6.61 Å². The van der Waals surface area contributed by atoms with Crippen molar-refractivity contribution < 1.29 is 19.4 Å². The number of hydrogen-bond donors (Lipinski definition) is 2. The highest BCUT2D eigenvalue weighted by Crippen LogP contribution is 2.30. The van der Waals surface area contributed by atoms with Gasteiger partial charge in [-0.15, -0.1) is 0 Å². The molecule has 1 atom stereocenters. The van der Waals surface area contributed by atoms with E-state index in [1.807, 2.05) is 0 Å². The molecule has 1 aliphatic heterocycles. The van der Waals surface area contributed by atoms with E-state index in [-0.39, 0.29) is 17.8 Å². The Morgan fingerprint density at radius 2 is 1.81 bits per heavy atom. The van der Waals surface area contributed by atoms with Gasteiger partial charge in [0.25, 0.3) is 0 Å². The first-order valence-electron chi connectivity index (χ1n) is 6.21. The van der Waals surface area contributed by atoms with Crippen LogP contribution in [0.25, 0.3) is 0 Å². The number of carboxylic acids is 1. The number of ether oxygens (including phenoxy) is 1. The number of hydrogen-bond acceptors (Lipinski definition) is 6. The molecule has 0 aliphatic carbocycles. The van der Waals surface area contributed by atoms with Gasteiger partial charge in [0, 0.05) is 17.3 Å². The maximum atomic E-state index is 12.1. The number of dihydropyridines is 1. The van der Waals surface area contributed by atoms with Crippen molar-refractivity contribution >= 4 is 11.9 Å². The van der Waals surface area contributed by atoms with E-state index in [1.165, 1.54) is 0 Å². The second-order valence-electron chi connectivity index (χ2n) is 4.64. The van der Waals surface area contributed by atoms with Crippen molar-refractivity contribution in [2.24, 2.45) is 11.8 Å². The first-order valence-corrected chi connectivity index (χ1v) is 6.21. The maximum absolute atomic E-state index is 12.1. The predicted molar refractivity (Wildman–Crippen MR) is 71.0 cm³/mol. The Labute approximate surface area is 122 Å². The van der Waals surface area contributed by atoms with Crippen LogP contribution in [0, 0.1) is 34.5 Å². The topological polar surface area (TPSA) is 123 Å². The number of carbonyl (C=O) groups is 2. The zero-order chi connectivity index (χ0) is 16.2. The molecule has 0 saturated carbocycles. The Morgan fingerprint density at radius 3 is 2.29 bits per heavy atom. The summed E-state index contributed by atoms with van der Waals surface area (Å²) in [7, 11) is 0. The van der Waals surface area contributed by atoms with Crippen molar-refractivity contribution in [1.29, 1.82) is 10.5 Å². The standard InChI is InChI=1S/C14H15N3O4/c1-7-11(13(18)19)8(2)17-9(3)12(7)14(20)21-6-10(4-15)5-16/h7,10,17H,6H2,1-3H3,(H,18,19). The quantitative estimate of drug-likeness (QED) is 0.742. The molecular formula is C14H15N3O4. The van der Waals surface area contributed by atoms with Crippen molar-refractivity contribution in [2.75, 3.05) is 6.61 Å². The van der Waals surface area contributed by atoms with E-state index in [2.05, 4.69) is 5.32 Å². The van der Waals surface area contributed by atoms with Gasteiger partial charge in [-0.2, -0.15) is 10.5 Å². The summed E-state index contributed by atoms with van der Waals surface area (Å²) in [6.07, 6.45) is 0. The minimum atomic E-state index is -1.11. The maximum Gasteiger partial charge on any atom is 0.336 e. The van der Waals surface area contributed by atoms with Crippen molar-refractivity contribution in [3.8, 4) is 12.1 Å². The number of nitrogens with zero attached hydrogens (tertiary/aromatic N) is 2. The Morgan fingerprint density at radius 1 is 1.29 bits per heavy atom. The fraction of sp³-hybridized carbons (Fsp3) is 0.429. The Hall–Kier alpha value is -2.80. The smallest absolute Gasteiger partial charge is 0.336 e. The fourth-order valence-electron chi connectivity index (χ4n) is 2.23. The average Bonchev–Trinajstić information content (AvgIpc) is 2.38. The zero-order valence-electron chi connectivity index (χ0n) is 11.9. The third kappa shape index (κ3) is 3.40. The molecule has 1 rings (SSSR count). The molecule has 0 saturated heterocycles. The highest BCUT2D eigenvalue weighted by molar-refractivity contribution is 5.96. The Bertz CT molecular complexity index is 605. The number of allylic oxidation sites excluding steroid dienone is 2. The van der Waals surface area contributed by atoms with Gasteiger partial charge in [0.05, 0.1) is 23.3 Å². The van der Waals surface area contributed by atoms with Gasteiger partial charge in [-0.3, -0.25) is 0 Å². The van der Waals surface area contributed by atoms with Gasteiger partial charge in [0.15, 0.2) is 5.92 Å². The minimum absolute atomic E-state index is 0.0877. The van der Waals surface area contributed by atoms with E-state index in [0.29, 0.717) is 11.4 Å². The zero-order valence-corrected chi connectivity index (χ0v) is 11.9. The summed E-state index contributed by atoms with van der Waals surface area (Å²) in [5, 5.41) is 29.3. The van der Waals surface area contributed by atoms with Crippen molar-refractivity contribution in [3.05, 3.63) is 22.5 Å². The monoisotopic (exact) mass is 289 g/mol. The average molecular weight is 289 g/mol. The summed E-state index contributed by atoms with van der Waals surface area (Å²) in [6.45, 7) is 4.51. The van der Waals surface area contributed by atoms with E-state index in [1.54, 1.807) is 32.9 Å². The second kappa shape index (κ2) is 6.58. The Balaban J connectivity index is 2.95. The lowest BCUT2D eigenvalue weighted by Crippen LogP contribution is -2.32. The van der Waals surface area contributed by atoms with Crippen LogP contribution in [0.3, 0.4) is 0 Å². The number of nitrogens with one attached hydrogen (secondary N) is 1. The first kappa shape index (κ1) is 16.3. The molecule has 0 aromatic carbocycles. The van der Waals surface area contributed by atoms with Gasteiger partial charge in [-0.25, -0.2) is 9.59 Å². The van der Waals surface area contributed by atoms with Crippen molar-refractivity contribution in [3.63, 3.8) is 0 Å². The summed E-state index contributed by atoms with van der Waals surface area (Å²) < 4.78 is 4.93. The third-order valence-electron chi connectivity index (χ3n) is 3.19. The fourth-order valence-corrected chi connectivity index (χ4v) is 2.23. The molecule has 0 fully saturated rings. The van der Waals surface area contributed by atoms with E-state index < -0.39 is 23.8 Å². The van der Waals surface area contributed by atoms with Gasteiger partial charge >= 0.3 is 11.9 Å². The summed E-state index contributed by atoms with van der Waals surface area (Å²) in [5.74, 6) is -3.52. The molecule has 0 spiro atoms. The SMILES string of the molecule is CC1=C(C(=O)O)C(C)C(C(=O)OCC(C#N)C#N)=C(C)N1. The lowest BCUT2D eigenvalue weighted by molar-refractivity contribution is -0.140. The van der Waals surface area contributed by atoms with E-state index in [0.717, 1.165) is 0 Å². The van der Waals surface area contributed by atoms with Crippen LogP contribution in [0.2, 0.25) is 0 Å². The molecule has 1 aliphatic rings. The number of aliphatic carboxylic acids is 1. The number of carboxylic acid groups (broad SMARTS) is 1. The molecule has 0 aromatic rings. The van der Waals surface area contributed by atoms with Crippen LogP contribution in [-0.2, 0) is 14.3 Å². The van der Waals surface area contributed by atoms with Crippen LogP contribution in [0.5, 0.6) is 0 Å². The van der Waals surface area contributed by atoms with Crippen LogP contribution in [-0.4, -0.2) is 23.7 Å². The molecule has 0 bridgehead atoms. The first-order chi connectivity index (χ1) is 9.83. The molecule has 21 heavy (non-hydrogen) atoms. The van der Waals surface area contributed by atoms with E-state index in [9.17, 15) is 14.7 Å². The molecule has 2 N–H and O–H groups in total. The molecule has 1 unspecified atom stereocenters. The molecular weight excluding hydrogens is 274 g/mol. The molecule has 7 heteroatoms. The van der Waals surface area contributed by atoms with Crippen LogP contribution in [0.4, 0.5) is 0 Å². The van der Waals surface area contributed by atoms with Crippen LogP contribution >= 0.6 is 0 Å². The van der Waals surface area contributed by atoms with Crippen molar-refractivity contribution in [1.82, 2.24) is 5.32 Å². The van der Waals surface area contributed by atoms with E-state index >= 15 is 0 Å². The van der Waals surface area contributed by atoms with Crippen LogP contribution in [0.1, 0.15) is 20.8 Å². The molecule has 110 valence electrons. The normalized spacial score (nSPS) is 17.9. The molecule has 7 nitrogen and oxygen atoms in total. The van der Waals surface area contributed by atoms with Crippen LogP contribution in [0.15, 0.2) is 22.5 Å². The van der Waals surface area contributed by atoms with Gasteiger partial charge in [0.2, 0.25) is 0 Å². The van der Waals surface area contributed by atoms with E-state index in [4.69, 9.17) is 15.3 Å². The summed E-state index contributed by atoms with van der Waals surface area (Å²) in [6, 6.07) is 3.39. The number of carbonyl (C=O) groups excluding carboxylic acids is 1. The number of nitriles is 2. The highest BCUT2D eigenvalue weighted by atomic mass is 16.5. The summed E-state index contributed by atoms with van der Waals surface area (Å²) in [4.78, 5) is 23.3. The lowest BCUT2D eigenvalue weighted by Gasteiger charge is -2.26. The predicted octanol–water partition coefficient (Wildman–Crippen LogP) is 1.06. The summed E-state index contributed by atoms with van der Waals surface area (Å²) >= 11 is 0. The van der Waals surface area contributed by atoms with Crippen molar-refractivity contribution in [2.45, 2.75) is 20.8 Å². The van der Waals surface area contributed by atoms with Gasteiger partial charge in [-0.05, 0) is 13.8 Å². The number of esters is 1. The number of rotatable bonds is 4. The third-order valence-corrected chi connectivity index (χ3v) is 3.19. The van der Waals surface area contributed by atoms with Crippen LogP contribution < -0.4 is 5.32 Å². The highest BCUT2D eigenvalue weighted by Gasteiger charge is 2.33. The second-order valence-corrected chi connectivity index (χ2v) is 4.64. The van der Waals surface area contributed by atoms with Gasteiger partial charge in [-0.1, -0.05) is 6.92 Å². The molecule has 0 amide bonds. The molecule has 0 aromatic heterocycles. The minimum Gasteiger partial charge on any atom is -0.478 e. The Kier molecular flexibility index (Phi) is 5.09. The lowest BCUT2D eigenvalue weighted by atomic mass is 9.87. The molecule has 0 radical (unpaired) electrons. The molecule has 1 heterocycles. The van der Waals surface area contributed by atoms with Gasteiger partial charge < -0.3 is 15.2 Å².